The van der Waals surface area contributed by atoms with E-state index >= 15 is 0 Å². The van der Waals surface area contributed by atoms with Crippen LogP contribution in [0, 0.1) is 0 Å². The Hall–Kier alpha value is 0.870. The summed E-state index contributed by atoms with van der Waals surface area (Å²) in [6.45, 7) is 4.21. The topological polar surface area (TPSA) is 77.4 Å². The van der Waals surface area contributed by atoms with E-state index in [1.54, 1.807) is 0 Å². The number of hydrogen-bond donors (Lipinski definition) is 1. The minimum atomic E-state index is -4.20. The van der Waals surface area contributed by atoms with Gasteiger partial charge >= 0.3 is 29.6 Å². The molecule has 0 aromatic rings. The number of hydrogen-bond acceptors (Lipinski definition) is 4. The molecule has 0 spiro atoms. The number of unbranched alkanes of at least 4 members (excludes halogenated alkanes) is 5. The first-order valence-electron chi connectivity index (χ1n) is 8.54. The molecule has 0 aliphatic rings. The van der Waals surface area contributed by atoms with Gasteiger partial charge in [0.05, 0.1) is 16.2 Å². The van der Waals surface area contributed by atoms with Gasteiger partial charge in [-0.1, -0.05) is 58.8 Å². The van der Waals surface area contributed by atoms with Crippen LogP contribution in [0.1, 0.15) is 90.9 Å². The second kappa shape index (κ2) is 15.4. The molecule has 2 atom stereocenters. The number of aliphatic hydroxyl groups is 1. The summed E-state index contributed by atoms with van der Waals surface area (Å²) in [4.78, 5) is 0. The van der Waals surface area contributed by atoms with Gasteiger partial charge in [-0.15, -0.1) is 0 Å². The Morgan fingerprint density at radius 2 is 1.32 bits per heavy atom. The van der Waals surface area contributed by atoms with Crippen LogP contribution in [-0.2, 0) is 10.1 Å². The molecule has 0 aliphatic heterocycles. The van der Waals surface area contributed by atoms with E-state index in [4.69, 9.17) is 0 Å². The van der Waals surface area contributed by atoms with Crippen LogP contribution >= 0.6 is 0 Å². The molecule has 0 rings (SSSR count). The second-order valence-electron chi connectivity index (χ2n) is 6.04. The van der Waals surface area contributed by atoms with Gasteiger partial charge in [-0.05, 0) is 32.1 Å². The van der Waals surface area contributed by atoms with E-state index in [2.05, 4.69) is 13.8 Å². The standard InChI is InChI=1S/C16H34O4S.Na/c1-3-5-7-8-9-13-16(21(18,19)20)14-10-12-15(17)11-6-4-2;/h15-17H,3-14H2,1-2H3,(H,18,19,20);/q;+1/p-1. The summed E-state index contributed by atoms with van der Waals surface area (Å²) in [7, 11) is -4.20. The van der Waals surface area contributed by atoms with E-state index in [0.717, 1.165) is 44.9 Å². The molecule has 0 saturated carbocycles. The molecule has 0 aromatic heterocycles. The zero-order valence-electron chi connectivity index (χ0n) is 14.7. The fourth-order valence-corrected chi connectivity index (χ4v) is 3.48. The maximum absolute atomic E-state index is 11.3. The van der Waals surface area contributed by atoms with E-state index in [1.165, 1.54) is 6.42 Å². The van der Waals surface area contributed by atoms with Crippen molar-refractivity contribution in [2.24, 2.45) is 0 Å². The van der Waals surface area contributed by atoms with Crippen LogP contribution in [0.25, 0.3) is 0 Å². The normalized spacial score (nSPS) is 14.4. The average Bonchev–Trinajstić information content (AvgIpc) is 2.41. The first-order valence-corrected chi connectivity index (χ1v) is 10.0. The summed E-state index contributed by atoms with van der Waals surface area (Å²) in [6, 6.07) is 0. The fraction of sp³-hybridized carbons (Fsp3) is 1.00. The summed E-state index contributed by atoms with van der Waals surface area (Å²) in [5, 5.41) is 8.98. The summed E-state index contributed by atoms with van der Waals surface area (Å²) >= 11 is 0. The molecule has 128 valence electrons. The van der Waals surface area contributed by atoms with Crippen LogP contribution < -0.4 is 29.6 Å². The van der Waals surface area contributed by atoms with E-state index in [0.29, 0.717) is 25.7 Å². The van der Waals surface area contributed by atoms with Crippen LogP contribution in [0.5, 0.6) is 0 Å². The molecule has 0 aliphatic carbocycles. The Labute approximate surface area is 159 Å². The van der Waals surface area contributed by atoms with E-state index in [-0.39, 0.29) is 35.7 Å². The number of rotatable bonds is 14. The van der Waals surface area contributed by atoms with E-state index in [9.17, 15) is 18.1 Å². The predicted octanol–water partition coefficient (Wildman–Crippen LogP) is 0.986. The summed E-state index contributed by atoms with van der Waals surface area (Å²) in [5.41, 5.74) is 0. The third kappa shape index (κ3) is 14.5. The SMILES string of the molecule is CCCCCCCC(CCCC(O)CCCC)S(=O)(=O)[O-].[Na+]. The van der Waals surface area contributed by atoms with Crippen molar-refractivity contribution >= 4 is 10.1 Å². The van der Waals surface area contributed by atoms with Crippen molar-refractivity contribution in [3.05, 3.63) is 0 Å². The molecule has 0 heterocycles. The largest absolute Gasteiger partial charge is 1.00 e. The summed E-state index contributed by atoms with van der Waals surface area (Å²) < 4.78 is 33.8. The molecule has 0 bridgehead atoms. The van der Waals surface area contributed by atoms with Crippen molar-refractivity contribution < 1.29 is 47.6 Å². The van der Waals surface area contributed by atoms with Crippen molar-refractivity contribution in [1.82, 2.24) is 0 Å². The van der Waals surface area contributed by atoms with Gasteiger partial charge in [-0.25, -0.2) is 8.42 Å². The summed E-state index contributed by atoms with van der Waals surface area (Å²) in [6.07, 6.45) is 9.76. The molecule has 1 N–H and O–H groups in total. The fourth-order valence-electron chi connectivity index (χ4n) is 2.57. The molecule has 2 unspecified atom stereocenters. The first kappa shape index (κ1) is 25.1. The second-order valence-corrected chi connectivity index (χ2v) is 7.70. The van der Waals surface area contributed by atoms with Gasteiger partial charge in [-0.2, -0.15) is 0 Å². The Morgan fingerprint density at radius 3 is 1.86 bits per heavy atom. The maximum Gasteiger partial charge on any atom is 1.00 e. The monoisotopic (exact) mass is 344 g/mol. The maximum atomic E-state index is 11.3. The Kier molecular flexibility index (Phi) is 17.6. The van der Waals surface area contributed by atoms with Gasteiger partial charge in [0.2, 0.25) is 0 Å². The van der Waals surface area contributed by atoms with Crippen LogP contribution in [0.3, 0.4) is 0 Å². The van der Waals surface area contributed by atoms with Gasteiger partial charge in [-0.3, -0.25) is 0 Å². The molecule has 0 fully saturated rings. The van der Waals surface area contributed by atoms with Crippen molar-refractivity contribution in [3.63, 3.8) is 0 Å². The molecule has 6 heteroatoms. The summed E-state index contributed by atoms with van der Waals surface area (Å²) in [5.74, 6) is 0. The molecule has 22 heavy (non-hydrogen) atoms. The van der Waals surface area contributed by atoms with Gasteiger partial charge in [0.1, 0.15) is 0 Å². The van der Waals surface area contributed by atoms with Crippen molar-refractivity contribution in [3.8, 4) is 0 Å². The molecular formula is C16H33NaO4S. The Morgan fingerprint density at radius 1 is 0.818 bits per heavy atom. The smallest absolute Gasteiger partial charge is 0.748 e. The van der Waals surface area contributed by atoms with Crippen LogP contribution in [0.4, 0.5) is 0 Å². The molecule has 0 saturated heterocycles. The van der Waals surface area contributed by atoms with Crippen LogP contribution in [0.2, 0.25) is 0 Å². The van der Waals surface area contributed by atoms with Crippen molar-refractivity contribution in [1.29, 1.82) is 0 Å². The van der Waals surface area contributed by atoms with E-state index in [1.807, 2.05) is 0 Å². The molecular weight excluding hydrogens is 311 g/mol. The van der Waals surface area contributed by atoms with Crippen molar-refractivity contribution in [2.45, 2.75) is 102 Å². The van der Waals surface area contributed by atoms with Crippen LogP contribution in [-0.4, -0.2) is 29.4 Å². The third-order valence-electron chi connectivity index (χ3n) is 3.99. The minimum Gasteiger partial charge on any atom is -0.748 e. The average molecular weight is 344 g/mol. The predicted molar refractivity (Wildman–Crippen MR) is 86.2 cm³/mol. The van der Waals surface area contributed by atoms with Gasteiger partial charge in [0, 0.05) is 5.25 Å². The zero-order chi connectivity index (χ0) is 16.1. The zero-order valence-corrected chi connectivity index (χ0v) is 17.5. The van der Waals surface area contributed by atoms with E-state index < -0.39 is 15.4 Å². The Bertz CT molecular complexity index is 333. The minimum absolute atomic E-state index is 0. The molecule has 0 aromatic carbocycles. The first-order chi connectivity index (χ1) is 9.91. The molecule has 4 nitrogen and oxygen atoms in total. The Balaban J connectivity index is 0. The third-order valence-corrected chi connectivity index (χ3v) is 5.28. The quantitative estimate of drug-likeness (QED) is 0.290. The molecule has 0 amide bonds. The molecule has 0 radical (unpaired) electrons. The number of aliphatic hydroxyl groups excluding tert-OH is 1. The van der Waals surface area contributed by atoms with Gasteiger partial charge in [0.15, 0.2) is 0 Å². The van der Waals surface area contributed by atoms with Crippen molar-refractivity contribution in [2.75, 3.05) is 0 Å². The van der Waals surface area contributed by atoms with Gasteiger partial charge < -0.3 is 9.66 Å². The van der Waals surface area contributed by atoms with Gasteiger partial charge in [0.25, 0.3) is 0 Å². The van der Waals surface area contributed by atoms with Crippen LogP contribution in [0.15, 0.2) is 0 Å².